The normalized spacial score (nSPS) is 10.4. The number of ether oxygens (including phenoxy) is 1. The number of aromatic nitrogens is 1. The van der Waals surface area contributed by atoms with Crippen molar-refractivity contribution in [2.45, 2.75) is 0 Å². The van der Waals surface area contributed by atoms with Gasteiger partial charge in [-0.15, -0.1) is 22.7 Å². The zero-order valence-electron chi connectivity index (χ0n) is 13.1. The number of carbonyl (C=O) groups is 3. The van der Waals surface area contributed by atoms with E-state index in [2.05, 4.69) is 10.3 Å². The first-order valence-electron chi connectivity index (χ1n) is 7.21. The third-order valence-electron chi connectivity index (χ3n) is 3.13. The van der Waals surface area contributed by atoms with Crippen LogP contribution >= 0.6 is 22.7 Å². The predicted octanol–water partition coefficient (Wildman–Crippen LogP) is 2.64. The number of thiazole rings is 1. The number of esters is 1. The Bertz CT molecular complexity index is 915. The number of urea groups is 1. The molecule has 0 aliphatic rings. The highest BCUT2D eigenvalue weighted by atomic mass is 32.1. The number of nitrogens with zero attached hydrogens (tertiary/aromatic N) is 1. The largest absolute Gasteiger partial charge is 0.451 e. The third-order valence-corrected chi connectivity index (χ3v) is 5.40. The number of hydrogen-bond acceptors (Lipinski definition) is 7. The summed E-state index contributed by atoms with van der Waals surface area (Å²) in [6.07, 6.45) is 0. The van der Waals surface area contributed by atoms with E-state index < -0.39 is 24.5 Å². The van der Waals surface area contributed by atoms with Gasteiger partial charge in [0.1, 0.15) is 9.88 Å². The van der Waals surface area contributed by atoms with Gasteiger partial charge in [-0.05, 0) is 24.3 Å². The highest BCUT2D eigenvalue weighted by Gasteiger charge is 2.16. The predicted molar refractivity (Wildman–Crippen MR) is 95.8 cm³/mol. The van der Waals surface area contributed by atoms with Crippen molar-refractivity contribution in [2.24, 2.45) is 0 Å². The molecule has 9 heteroatoms. The van der Waals surface area contributed by atoms with E-state index in [1.807, 2.05) is 29.6 Å². The molecule has 2 N–H and O–H groups in total. The van der Waals surface area contributed by atoms with Crippen LogP contribution in [-0.2, 0) is 9.53 Å². The van der Waals surface area contributed by atoms with Gasteiger partial charge in [-0.2, -0.15) is 0 Å². The lowest BCUT2D eigenvalue weighted by Crippen LogP contribution is -2.39. The fraction of sp³-hybridized carbons (Fsp3) is 0.125. The standard InChI is InChI=1S/C16H13N3O4S2/c1-17-16(22)19-13(20)8-23-15(21)12-7-6-11(24-12)14-18-9-4-2-3-5-10(9)25-14/h2-7H,8H2,1H3,(H2,17,19,20,22). The van der Waals surface area contributed by atoms with E-state index in [0.717, 1.165) is 20.1 Å². The Morgan fingerprint density at radius 2 is 1.92 bits per heavy atom. The topological polar surface area (TPSA) is 97.4 Å². The summed E-state index contributed by atoms with van der Waals surface area (Å²) in [7, 11) is 1.38. The van der Waals surface area contributed by atoms with Crippen LogP contribution < -0.4 is 10.6 Å². The van der Waals surface area contributed by atoms with Crippen LogP contribution in [0.15, 0.2) is 36.4 Å². The van der Waals surface area contributed by atoms with Crippen LogP contribution in [0.25, 0.3) is 20.1 Å². The van der Waals surface area contributed by atoms with Crippen molar-refractivity contribution in [3.8, 4) is 9.88 Å². The Morgan fingerprint density at radius 1 is 1.12 bits per heavy atom. The summed E-state index contributed by atoms with van der Waals surface area (Å²) in [6, 6.07) is 10.6. The molecule has 3 aromatic rings. The van der Waals surface area contributed by atoms with Crippen molar-refractivity contribution >= 4 is 50.8 Å². The second kappa shape index (κ2) is 7.41. The molecule has 0 bridgehead atoms. The molecule has 0 saturated heterocycles. The van der Waals surface area contributed by atoms with Gasteiger partial charge in [0.25, 0.3) is 5.91 Å². The molecule has 0 atom stereocenters. The van der Waals surface area contributed by atoms with E-state index in [4.69, 9.17) is 4.74 Å². The Balaban J connectivity index is 1.65. The summed E-state index contributed by atoms with van der Waals surface area (Å²) < 4.78 is 5.98. The Morgan fingerprint density at radius 3 is 2.68 bits per heavy atom. The minimum absolute atomic E-state index is 0.363. The molecule has 3 amide bonds. The smallest absolute Gasteiger partial charge is 0.348 e. The zero-order chi connectivity index (χ0) is 17.8. The van der Waals surface area contributed by atoms with Gasteiger partial charge in [0.05, 0.1) is 15.1 Å². The number of hydrogen-bond donors (Lipinski definition) is 2. The summed E-state index contributed by atoms with van der Waals surface area (Å²) in [5, 5.41) is 5.07. The highest BCUT2D eigenvalue weighted by molar-refractivity contribution is 7.26. The molecule has 0 spiro atoms. The number of imide groups is 1. The van der Waals surface area contributed by atoms with Crippen molar-refractivity contribution in [2.75, 3.05) is 13.7 Å². The number of fused-ring (bicyclic) bond motifs is 1. The maximum Gasteiger partial charge on any atom is 0.348 e. The maximum atomic E-state index is 12.0. The van der Waals surface area contributed by atoms with E-state index in [1.54, 1.807) is 23.5 Å². The molecule has 3 rings (SSSR count). The van der Waals surface area contributed by atoms with E-state index in [-0.39, 0.29) is 0 Å². The summed E-state index contributed by atoms with van der Waals surface area (Å²) in [5.41, 5.74) is 0.908. The van der Waals surface area contributed by atoms with Crippen LogP contribution in [0, 0.1) is 0 Å². The lowest BCUT2D eigenvalue weighted by Gasteiger charge is -2.03. The second-order valence-electron chi connectivity index (χ2n) is 4.85. The SMILES string of the molecule is CNC(=O)NC(=O)COC(=O)c1ccc(-c2nc3ccccc3s2)s1. The van der Waals surface area contributed by atoms with Crippen LogP contribution in [0.2, 0.25) is 0 Å². The number of nitrogens with one attached hydrogen (secondary N) is 2. The quantitative estimate of drug-likeness (QED) is 0.683. The molecular formula is C16H13N3O4S2. The van der Waals surface area contributed by atoms with E-state index in [0.29, 0.717) is 4.88 Å². The Kier molecular flexibility index (Phi) is 5.05. The van der Waals surface area contributed by atoms with Gasteiger partial charge in [0, 0.05) is 7.05 Å². The van der Waals surface area contributed by atoms with Crippen LogP contribution in [0.4, 0.5) is 4.79 Å². The molecular weight excluding hydrogens is 362 g/mol. The van der Waals surface area contributed by atoms with Gasteiger partial charge in [0.2, 0.25) is 0 Å². The third kappa shape index (κ3) is 4.01. The molecule has 2 aromatic heterocycles. The molecule has 0 aliphatic carbocycles. The molecule has 25 heavy (non-hydrogen) atoms. The average Bonchev–Trinajstić information content (AvgIpc) is 3.25. The number of para-hydroxylation sites is 1. The minimum atomic E-state index is -0.698. The van der Waals surface area contributed by atoms with E-state index >= 15 is 0 Å². The van der Waals surface area contributed by atoms with Crippen LogP contribution in [-0.4, -0.2) is 36.5 Å². The van der Waals surface area contributed by atoms with Gasteiger partial charge in [0.15, 0.2) is 6.61 Å². The molecule has 7 nitrogen and oxygen atoms in total. The molecule has 0 saturated carbocycles. The Hall–Kier alpha value is -2.78. The highest BCUT2D eigenvalue weighted by Crippen LogP contribution is 2.34. The summed E-state index contributed by atoms with van der Waals surface area (Å²) >= 11 is 2.78. The molecule has 0 aliphatic heterocycles. The number of carbonyl (C=O) groups excluding carboxylic acids is 3. The zero-order valence-corrected chi connectivity index (χ0v) is 14.7. The van der Waals surface area contributed by atoms with Crippen LogP contribution in [0.3, 0.4) is 0 Å². The van der Waals surface area contributed by atoms with Crippen molar-refractivity contribution < 1.29 is 19.1 Å². The fourth-order valence-corrected chi connectivity index (χ4v) is 3.89. The van der Waals surface area contributed by atoms with Crippen molar-refractivity contribution in [1.29, 1.82) is 0 Å². The van der Waals surface area contributed by atoms with Crippen molar-refractivity contribution in [1.82, 2.24) is 15.6 Å². The van der Waals surface area contributed by atoms with Gasteiger partial charge in [-0.1, -0.05) is 12.1 Å². The maximum absolute atomic E-state index is 12.0. The van der Waals surface area contributed by atoms with Crippen LogP contribution in [0.1, 0.15) is 9.67 Å². The molecule has 0 unspecified atom stereocenters. The lowest BCUT2D eigenvalue weighted by atomic mass is 10.3. The molecule has 2 heterocycles. The van der Waals surface area contributed by atoms with E-state index in [9.17, 15) is 14.4 Å². The van der Waals surface area contributed by atoms with Crippen molar-refractivity contribution in [3.63, 3.8) is 0 Å². The number of amides is 3. The monoisotopic (exact) mass is 375 g/mol. The second-order valence-corrected chi connectivity index (χ2v) is 6.97. The van der Waals surface area contributed by atoms with Gasteiger partial charge < -0.3 is 10.1 Å². The first-order chi connectivity index (χ1) is 12.1. The first-order valence-corrected chi connectivity index (χ1v) is 8.84. The fourth-order valence-electron chi connectivity index (χ4n) is 1.97. The van der Waals surface area contributed by atoms with Gasteiger partial charge in [-0.25, -0.2) is 14.6 Å². The number of rotatable bonds is 4. The minimum Gasteiger partial charge on any atom is -0.451 e. The van der Waals surface area contributed by atoms with Gasteiger partial charge in [-0.3, -0.25) is 10.1 Å². The summed E-state index contributed by atoms with van der Waals surface area (Å²) in [5.74, 6) is -1.32. The van der Waals surface area contributed by atoms with Crippen LogP contribution in [0.5, 0.6) is 0 Å². The number of thiophene rings is 1. The molecule has 0 fully saturated rings. The Labute approximate surface area is 150 Å². The van der Waals surface area contributed by atoms with E-state index in [1.165, 1.54) is 18.4 Å². The summed E-state index contributed by atoms with van der Waals surface area (Å²) in [4.78, 5) is 40.2. The lowest BCUT2D eigenvalue weighted by molar-refractivity contribution is -0.123. The number of benzene rings is 1. The van der Waals surface area contributed by atoms with Gasteiger partial charge >= 0.3 is 12.0 Å². The van der Waals surface area contributed by atoms with Crippen molar-refractivity contribution in [3.05, 3.63) is 41.3 Å². The molecule has 0 radical (unpaired) electrons. The first kappa shape index (κ1) is 17.1. The summed E-state index contributed by atoms with van der Waals surface area (Å²) in [6.45, 7) is -0.527. The average molecular weight is 375 g/mol. The molecule has 128 valence electrons. The molecule has 1 aromatic carbocycles.